The van der Waals surface area contributed by atoms with E-state index < -0.39 is 11.2 Å². The quantitative estimate of drug-likeness (QED) is 0.560. The lowest BCUT2D eigenvalue weighted by molar-refractivity contribution is -0.221. The first-order chi connectivity index (χ1) is 7.15. The number of carbonyl (C=O) groups excluding carboxylic acids is 1. The van der Waals surface area contributed by atoms with Gasteiger partial charge < -0.3 is 14.6 Å². The van der Waals surface area contributed by atoms with Crippen molar-refractivity contribution in [2.75, 3.05) is 13.2 Å². The molecule has 0 amide bonds. The fraction of sp³-hybridized carbons (Fsp3) is 0.727. The second-order valence-electron chi connectivity index (χ2n) is 4.21. The molecule has 2 fully saturated rings. The number of esters is 1. The molecule has 0 aromatic heterocycles. The van der Waals surface area contributed by atoms with Crippen molar-refractivity contribution >= 4 is 5.97 Å². The summed E-state index contributed by atoms with van der Waals surface area (Å²) in [5.41, 5.74) is -0.823. The zero-order chi connectivity index (χ0) is 10.9. The Morgan fingerprint density at radius 2 is 2.33 bits per heavy atom. The lowest BCUT2D eigenvalue weighted by atomic mass is 9.80. The molecule has 1 aliphatic carbocycles. The number of carbonyl (C=O) groups is 1. The van der Waals surface area contributed by atoms with Gasteiger partial charge in [-0.25, -0.2) is 0 Å². The van der Waals surface area contributed by atoms with Gasteiger partial charge in [-0.3, -0.25) is 4.79 Å². The van der Waals surface area contributed by atoms with E-state index >= 15 is 0 Å². The molecule has 1 saturated heterocycles. The van der Waals surface area contributed by atoms with Crippen LogP contribution in [0.1, 0.15) is 25.7 Å². The van der Waals surface area contributed by atoms with Crippen LogP contribution >= 0.6 is 0 Å². The molecule has 4 nitrogen and oxygen atoms in total. The fourth-order valence-electron chi connectivity index (χ4n) is 2.63. The molecule has 0 aromatic rings. The maximum Gasteiger partial charge on any atom is 0.317 e. The molecular formula is C11H16O4. The summed E-state index contributed by atoms with van der Waals surface area (Å²) in [4.78, 5) is 11.9. The van der Waals surface area contributed by atoms with Crippen molar-refractivity contribution in [1.82, 2.24) is 0 Å². The van der Waals surface area contributed by atoms with Gasteiger partial charge in [-0.1, -0.05) is 12.7 Å². The number of hydrogen-bond donors (Lipinski definition) is 1. The van der Waals surface area contributed by atoms with Crippen LogP contribution in [0.2, 0.25) is 0 Å². The van der Waals surface area contributed by atoms with Crippen molar-refractivity contribution in [3.05, 3.63) is 12.7 Å². The molecule has 1 saturated carbocycles. The van der Waals surface area contributed by atoms with Crippen LogP contribution < -0.4 is 0 Å². The minimum atomic E-state index is -1.29. The zero-order valence-electron chi connectivity index (χ0n) is 8.70. The summed E-state index contributed by atoms with van der Waals surface area (Å²) in [7, 11) is 0. The predicted molar refractivity (Wildman–Crippen MR) is 53.0 cm³/mol. The van der Waals surface area contributed by atoms with Gasteiger partial charge in [0, 0.05) is 6.42 Å². The van der Waals surface area contributed by atoms with Crippen LogP contribution in [0.15, 0.2) is 12.7 Å². The Bertz CT molecular complexity index is 274. The Morgan fingerprint density at radius 1 is 1.53 bits per heavy atom. The highest BCUT2D eigenvalue weighted by molar-refractivity contribution is 5.79. The SMILES string of the molecule is C=CCOC(=O)C12CCCC1(O)OCC2. The first-order valence-corrected chi connectivity index (χ1v) is 5.29. The molecule has 84 valence electrons. The first kappa shape index (κ1) is 10.6. The van der Waals surface area contributed by atoms with Crippen molar-refractivity contribution < 1.29 is 19.4 Å². The molecule has 2 unspecified atom stereocenters. The Morgan fingerprint density at radius 3 is 3.07 bits per heavy atom. The molecule has 2 rings (SSSR count). The van der Waals surface area contributed by atoms with Gasteiger partial charge in [0.2, 0.25) is 0 Å². The summed E-state index contributed by atoms with van der Waals surface area (Å²) >= 11 is 0. The molecule has 2 atom stereocenters. The van der Waals surface area contributed by atoms with Gasteiger partial charge in [0.05, 0.1) is 6.61 Å². The van der Waals surface area contributed by atoms with E-state index in [4.69, 9.17) is 9.47 Å². The molecule has 1 aliphatic heterocycles. The normalized spacial score (nSPS) is 38.7. The van der Waals surface area contributed by atoms with Crippen LogP contribution in [-0.4, -0.2) is 30.1 Å². The van der Waals surface area contributed by atoms with E-state index in [-0.39, 0.29) is 12.6 Å². The molecular weight excluding hydrogens is 196 g/mol. The summed E-state index contributed by atoms with van der Waals surface area (Å²) in [5.74, 6) is -1.63. The zero-order valence-corrected chi connectivity index (χ0v) is 8.70. The molecule has 0 spiro atoms. The molecule has 4 heteroatoms. The number of fused-ring (bicyclic) bond motifs is 1. The third kappa shape index (κ3) is 1.40. The van der Waals surface area contributed by atoms with Crippen molar-refractivity contribution in [3.63, 3.8) is 0 Å². The van der Waals surface area contributed by atoms with E-state index in [1.54, 1.807) is 0 Å². The van der Waals surface area contributed by atoms with E-state index in [2.05, 4.69) is 6.58 Å². The summed E-state index contributed by atoms with van der Waals surface area (Å²) in [5, 5.41) is 10.2. The van der Waals surface area contributed by atoms with E-state index in [1.165, 1.54) is 6.08 Å². The number of rotatable bonds is 3. The van der Waals surface area contributed by atoms with Crippen LogP contribution in [0.25, 0.3) is 0 Å². The topological polar surface area (TPSA) is 55.8 Å². The highest BCUT2D eigenvalue weighted by Gasteiger charge is 2.64. The van der Waals surface area contributed by atoms with Crippen molar-refractivity contribution in [1.29, 1.82) is 0 Å². The van der Waals surface area contributed by atoms with Gasteiger partial charge >= 0.3 is 5.97 Å². The second-order valence-corrected chi connectivity index (χ2v) is 4.21. The summed E-state index contributed by atoms with van der Waals surface area (Å²) in [6.45, 7) is 4.11. The Kier molecular flexibility index (Phi) is 2.56. The van der Waals surface area contributed by atoms with E-state index in [0.29, 0.717) is 25.9 Å². The highest BCUT2D eigenvalue weighted by atomic mass is 16.6. The lowest BCUT2D eigenvalue weighted by Gasteiger charge is -2.31. The molecule has 2 aliphatic rings. The number of ether oxygens (including phenoxy) is 2. The van der Waals surface area contributed by atoms with Gasteiger partial charge in [0.1, 0.15) is 12.0 Å². The molecule has 0 aromatic carbocycles. The smallest absolute Gasteiger partial charge is 0.317 e. The number of aliphatic hydroxyl groups is 1. The monoisotopic (exact) mass is 212 g/mol. The highest BCUT2D eigenvalue weighted by Crippen LogP contribution is 2.54. The Balaban J connectivity index is 2.17. The third-order valence-corrected chi connectivity index (χ3v) is 3.46. The van der Waals surface area contributed by atoms with Crippen molar-refractivity contribution in [2.24, 2.45) is 5.41 Å². The van der Waals surface area contributed by atoms with Crippen LogP contribution in [-0.2, 0) is 14.3 Å². The molecule has 0 radical (unpaired) electrons. The minimum absolute atomic E-state index is 0.191. The molecule has 1 N–H and O–H groups in total. The number of hydrogen-bond acceptors (Lipinski definition) is 4. The Labute approximate surface area is 88.9 Å². The van der Waals surface area contributed by atoms with Crippen molar-refractivity contribution in [2.45, 2.75) is 31.5 Å². The standard InChI is InChI=1S/C11H16O4/c1-2-7-14-9(12)10-4-3-5-11(10,13)15-8-6-10/h2,13H,1,3-8H2. The Hall–Kier alpha value is -0.870. The van der Waals surface area contributed by atoms with Gasteiger partial charge in [0.25, 0.3) is 0 Å². The van der Waals surface area contributed by atoms with Crippen molar-refractivity contribution in [3.8, 4) is 0 Å². The minimum Gasteiger partial charge on any atom is -0.461 e. The maximum absolute atomic E-state index is 11.9. The van der Waals surface area contributed by atoms with Gasteiger partial charge in [-0.05, 0) is 19.3 Å². The van der Waals surface area contributed by atoms with E-state index in [0.717, 1.165) is 6.42 Å². The largest absolute Gasteiger partial charge is 0.461 e. The maximum atomic E-state index is 11.9. The summed E-state index contributed by atoms with van der Waals surface area (Å²) in [6, 6.07) is 0. The lowest BCUT2D eigenvalue weighted by Crippen LogP contribution is -2.46. The predicted octanol–water partition coefficient (Wildman–Crippen LogP) is 0.995. The third-order valence-electron chi connectivity index (χ3n) is 3.46. The fourth-order valence-corrected chi connectivity index (χ4v) is 2.63. The molecule has 1 heterocycles. The summed E-state index contributed by atoms with van der Waals surface area (Å²) < 4.78 is 10.3. The average molecular weight is 212 g/mol. The van der Waals surface area contributed by atoms with Crippen LogP contribution in [0.5, 0.6) is 0 Å². The molecule has 15 heavy (non-hydrogen) atoms. The van der Waals surface area contributed by atoms with E-state index in [9.17, 15) is 9.90 Å². The van der Waals surface area contributed by atoms with E-state index in [1.807, 2.05) is 0 Å². The second kappa shape index (κ2) is 3.61. The van der Waals surface area contributed by atoms with Gasteiger partial charge in [-0.15, -0.1) is 0 Å². The first-order valence-electron chi connectivity index (χ1n) is 5.29. The van der Waals surface area contributed by atoms with Crippen LogP contribution in [0.3, 0.4) is 0 Å². The van der Waals surface area contributed by atoms with Crippen LogP contribution in [0, 0.1) is 5.41 Å². The summed E-state index contributed by atoms with van der Waals surface area (Å²) in [6.07, 6.45) is 4.06. The van der Waals surface area contributed by atoms with Gasteiger partial charge in [-0.2, -0.15) is 0 Å². The molecule has 0 bridgehead atoms. The van der Waals surface area contributed by atoms with Crippen LogP contribution in [0.4, 0.5) is 0 Å². The van der Waals surface area contributed by atoms with Gasteiger partial charge in [0.15, 0.2) is 5.79 Å². The average Bonchev–Trinajstić information content (AvgIpc) is 2.67.